The molecule has 4 N–H and O–H groups in total. The smallest absolute Gasteiger partial charge is 0.243 e. The first-order valence-corrected chi connectivity index (χ1v) is 9.52. The highest BCUT2D eigenvalue weighted by Gasteiger charge is 2.21. The molecule has 2 aromatic carbocycles. The monoisotopic (exact) mass is 391 g/mol. The number of amides is 1. The molecule has 1 amide bonds. The summed E-state index contributed by atoms with van der Waals surface area (Å²) in [5.41, 5.74) is 9.56. The highest BCUT2D eigenvalue weighted by Crippen LogP contribution is 2.28. The number of nitrogens with two attached hydrogens (primary N) is 1. The fourth-order valence-corrected chi connectivity index (χ4v) is 3.38. The Morgan fingerprint density at radius 2 is 1.76 bits per heavy atom. The minimum absolute atomic E-state index is 0.306. The zero-order chi connectivity index (χ0) is 20.2. The Bertz CT molecular complexity index is 992. The number of allylic oxidation sites excluding steroid dienone is 2. The van der Waals surface area contributed by atoms with Crippen LogP contribution in [-0.2, 0) is 4.79 Å². The fourth-order valence-electron chi connectivity index (χ4n) is 3.38. The zero-order valence-electron chi connectivity index (χ0n) is 15.8. The van der Waals surface area contributed by atoms with E-state index in [1.165, 1.54) is 17.7 Å². The molecule has 0 spiro atoms. The van der Waals surface area contributed by atoms with Crippen LogP contribution in [0.3, 0.4) is 0 Å². The number of hydrogen-bond acceptors (Lipinski definition) is 4. The lowest BCUT2D eigenvalue weighted by Gasteiger charge is -2.25. The van der Waals surface area contributed by atoms with Crippen molar-refractivity contribution >= 4 is 11.6 Å². The Morgan fingerprint density at radius 1 is 1.07 bits per heavy atom. The van der Waals surface area contributed by atoms with Crippen LogP contribution >= 0.6 is 0 Å². The van der Waals surface area contributed by atoms with Gasteiger partial charge in [0.15, 0.2) is 0 Å². The van der Waals surface area contributed by atoms with E-state index >= 15 is 0 Å². The molecule has 0 bridgehead atoms. The van der Waals surface area contributed by atoms with Crippen molar-refractivity contribution in [3.63, 3.8) is 0 Å². The highest BCUT2D eigenvalue weighted by atomic mass is 19.1. The fraction of sp³-hybridized carbons (Fsp3) is 0.174. The van der Waals surface area contributed by atoms with Crippen LogP contribution in [-0.4, -0.2) is 25.0 Å². The Labute approximate surface area is 168 Å². The SMILES string of the molecule is NC(=O)C1C=C(C2=CCNCC2)C=C(c2ccc(Oc3ccc(F)cc3)cc2)N1. The van der Waals surface area contributed by atoms with Gasteiger partial charge in [-0.3, -0.25) is 4.79 Å². The number of rotatable bonds is 5. The van der Waals surface area contributed by atoms with Gasteiger partial charge in [-0.1, -0.05) is 6.08 Å². The van der Waals surface area contributed by atoms with Crippen molar-refractivity contribution in [2.45, 2.75) is 12.5 Å². The molecule has 2 aliphatic rings. The second-order valence-corrected chi connectivity index (χ2v) is 6.97. The maximum atomic E-state index is 13.0. The van der Waals surface area contributed by atoms with Gasteiger partial charge in [0, 0.05) is 12.2 Å². The first-order chi connectivity index (χ1) is 14.1. The quantitative estimate of drug-likeness (QED) is 0.731. The van der Waals surface area contributed by atoms with Crippen molar-refractivity contribution in [1.29, 1.82) is 0 Å². The molecule has 0 radical (unpaired) electrons. The number of halogens is 1. The molecule has 148 valence electrons. The summed E-state index contributed by atoms with van der Waals surface area (Å²) in [6.45, 7) is 1.73. The minimum atomic E-state index is -0.559. The van der Waals surface area contributed by atoms with Gasteiger partial charge in [-0.15, -0.1) is 0 Å². The number of primary amides is 1. The molecular formula is C23H22FN3O2. The summed E-state index contributed by atoms with van der Waals surface area (Å²) in [5.74, 6) is 0.477. The van der Waals surface area contributed by atoms with E-state index in [-0.39, 0.29) is 5.82 Å². The Balaban J connectivity index is 1.56. The summed E-state index contributed by atoms with van der Waals surface area (Å²) >= 11 is 0. The lowest BCUT2D eigenvalue weighted by molar-refractivity contribution is -0.118. The molecule has 0 saturated carbocycles. The average molecular weight is 391 g/mol. The second-order valence-electron chi connectivity index (χ2n) is 6.97. The molecule has 0 saturated heterocycles. The van der Waals surface area contributed by atoms with E-state index in [2.05, 4.69) is 16.7 Å². The molecule has 2 heterocycles. The lowest BCUT2D eigenvalue weighted by atomic mass is 9.93. The van der Waals surface area contributed by atoms with Crippen molar-refractivity contribution < 1.29 is 13.9 Å². The van der Waals surface area contributed by atoms with Gasteiger partial charge in [-0.05, 0) is 90.4 Å². The largest absolute Gasteiger partial charge is 0.457 e. The molecule has 1 atom stereocenters. The number of hydrogen-bond donors (Lipinski definition) is 3. The molecule has 29 heavy (non-hydrogen) atoms. The third-order valence-electron chi connectivity index (χ3n) is 4.91. The predicted molar refractivity (Wildman–Crippen MR) is 111 cm³/mol. The maximum absolute atomic E-state index is 13.0. The molecule has 6 heteroatoms. The standard InChI is InChI=1S/C23H22FN3O2/c24-18-3-7-20(8-4-18)29-19-5-1-16(2-6-19)21-13-17(14-22(27-21)23(25)28)15-9-11-26-12-10-15/h1-9,13-14,22,26-27H,10-12H2,(H2,25,28). The number of carbonyl (C=O) groups is 1. The van der Waals surface area contributed by atoms with E-state index in [1.807, 2.05) is 36.4 Å². The number of nitrogens with one attached hydrogen (secondary N) is 2. The van der Waals surface area contributed by atoms with E-state index < -0.39 is 11.9 Å². The Hall–Kier alpha value is -3.38. The lowest BCUT2D eigenvalue weighted by Crippen LogP contribution is -2.40. The molecule has 0 aromatic heterocycles. The van der Waals surface area contributed by atoms with Gasteiger partial charge >= 0.3 is 0 Å². The second kappa shape index (κ2) is 8.32. The number of benzene rings is 2. The summed E-state index contributed by atoms with van der Waals surface area (Å²) in [6, 6.07) is 12.8. The van der Waals surface area contributed by atoms with E-state index in [0.717, 1.165) is 36.3 Å². The van der Waals surface area contributed by atoms with Crippen LogP contribution in [0.15, 0.2) is 77.9 Å². The van der Waals surface area contributed by atoms with E-state index in [9.17, 15) is 9.18 Å². The molecule has 4 rings (SSSR count). The third kappa shape index (κ3) is 4.55. The van der Waals surface area contributed by atoms with Crippen LogP contribution in [0.1, 0.15) is 12.0 Å². The molecule has 2 aromatic rings. The van der Waals surface area contributed by atoms with Gasteiger partial charge in [0.25, 0.3) is 0 Å². The van der Waals surface area contributed by atoms with Gasteiger partial charge in [-0.25, -0.2) is 4.39 Å². The number of carbonyl (C=O) groups excluding carboxylic acids is 1. The topological polar surface area (TPSA) is 76.4 Å². The van der Waals surface area contributed by atoms with Gasteiger partial charge in [-0.2, -0.15) is 0 Å². The van der Waals surface area contributed by atoms with Crippen molar-refractivity contribution in [3.8, 4) is 11.5 Å². The Morgan fingerprint density at radius 3 is 2.38 bits per heavy atom. The van der Waals surface area contributed by atoms with Gasteiger partial charge in [0.1, 0.15) is 23.4 Å². The first kappa shape index (κ1) is 19.0. The van der Waals surface area contributed by atoms with Crippen molar-refractivity contribution in [2.24, 2.45) is 5.73 Å². The van der Waals surface area contributed by atoms with Crippen molar-refractivity contribution in [2.75, 3.05) is 13.1 Å². The molecule has 0 fully saturated rings. The molecule has 5 nitrogen and oxygen atoms in total. The molecule has 2 aliphatic heterocycles. The summed E-state index contributed by atoms with van der Waals surface area (Å²) in [6.07, 6.45) is 6.99. The van der Waals surface area contributed by atoms with Crippen molar-refractivity contribution in [3.05, 3.63) is 89.3 Å². The van der Waals surface area contributed by atoms with Crippen LogP contribution in [0.2, 0.25) is 0 Å². The van der Waals surface area contributed by atoms with Crippen molar-refractivity contribution in [1.82, 2.24) is 10.6 Å². The van der Waals surface area contributed by atoms with E-state index in [0.29, 0.717) is 11.5 Å². The highest BCUT2D eigenvalue weighted by molar-refractivity contribution is 5.87. The van der Waals surface area contributed by atoms with Gasteiger partial charge in [0.2, 0.25) is 5.91 Å². The summed E-state index contributed by atoms with van der Waals surface area (Å²) < 4.78 is 18.8. The van der Waals surface area contributed by atoms with Gasteiger partial charge in [0.05, 0.1) is 0 Å². The summed E-state index contributed by atoms with van der Waals surface area (Å²) in [7, 11) is 0. The first-order valence-electron chi connectivity index (χ1n) is 9.52. The molecular weight excluding hydrogens is 369 g/mol. The number of dihydropyridines is 1. The molecule has 1 unspecified atom stereocenters. The Kier molecular flexibility index (Phi) is 5.44. The average Bonchev–Trinajstić information content (AvgIpc) is 2.76. The number of ether oxygens (including phenoxy) is 1. The van der Waals surface area contributed by atoms with E-state index in [4.69, 9.17) is 10.5 Å². The van der Waals surface area contributed by atoms with Crippen LogP contribution in [0.4, 0.5) is 4.39 Å². The third-order valence-corrected chi connectivity index (χ3v) is 4.91. The summed E-state index contributed by atoms with van der Waals surface area (Å²) in [5, 5.41) is 6.49. The van der Waals surface area contributed by atoms with Crippen LogP contribution < -0.4 is 21.1 Å². The molecule has 0 aliphatic carbocycles. The van der Waals surface area contributed by atoms with E-state index in [1.54, 1.807) is 12.1 Å². The zero-order valence-corrected chi connectivity index (χ0v) is 15.8. The summed E-state index contributed by atoms with van der Waals surface area (Å²) in [4.78, 5) is 11.9. The van der Waals surface area contributed by atoms with Crippen LogP contribution in [0.5, 0.6) is 11.5 Å². The maximum Gasteiger partial charge on any atom is 0.243 e. The van der Waals surface area contributed by atoms with Crippen LogP contribution in [0.25, 0.3) is 5.70 Å². The van der Waals surface area contributed by atoms with Crippen LogP contribution in [0, 0.1) is 5.82 Å². The van der Waals surface area contributed by atoms with Gasteiger partial charge < -0.3 is 21.1 Å². The predicted octanol–water partition coefficient (Wildman–Crippen LogP) is 3.26. The minimum Gasteiger partial charge on any atom is -0.457 e. The normalized spacial score (nSPS) is 18.8.